The van der Waals surface area contributed by atoms with Gasteiger partial charge in [0.25, 0.3) is 0 Å². The predicted octanol–water partition coefficient (Wildman–Crippen LogP) is 5.68. The van der Waals surface area contributed by atoms with Crippen LogP contribution in [-0.2, 0) is 13.1 Å². The van der Waals surface area contributed by atoms with Crippen LogP contribution >= 0.6 is 23.2 Å². The Balaban J connectivity index is 1.45. The number of anilines is 3. The molecule has 0 unspecified atom stereocenters. The van der Waals surface area contributed by atoms with Crippen molar-refractivity contribution in [3.05, 3.63) is 104 Å². The molecule has 0 saturated heterocycles. The van der Waals surface area contributed by atoms with Gasteiger partial charge in [-0.05, 0) is 53.4 Å². The second-order valence-corrected chi connectivity index (χ2v) is 10.1. The van der Waals surface area contributed by atoms with Crippen LogP contribution in [0.3, 0.4) is 0 Å². The van der Waals surface area contributed by atoms with Crippen molar-refractivity contribution < 1.29 is 0 Å². The van der Waals surface area contributed by atoms with Gasteiger partial charge in [0.1, 0.15) is 6.07 Å². The lowest BCUT2D eigenvalue weighted by Crippen LogP contribution is -2.34. The molecule has 0 amide bonds. The van der Waals surface area contributed by atoms with E-state index in [0.29, 0.717) is 26.8 Å². The highest BCUT2D eigenvalue weighted by Crippen LogP contribution is 2.38. The molecule has 3 heterocycles. The summed E-state index contributed by atoms with van der Waals surface area (Å²) in [5.41, 5.74) is 17.9. The molecule has 2 aliphatic heterocycles. The van der Waals surface area contributed by atoms with Gasteiger partial charge in [-0.25, -0.2) is 0 Å². The molecule has 1 atom stereocenters. The lowest BCUT2D eigenvalue weighted by Gasteiger charge is -2.24. The number of aromatic nitrogens is 1. The minimum atomic E-state index is -0.194. The largest absolute Gasteiger partial charge is 0.373 e. The minimum Gasteiger partial charge on any atom is -0.373 e. The van der Waals surface area contributed by atoms with Crippen LogP contribution in [0.2, 0.25) is 10.0 Å². The van der Waals surface area contributed by atoms with Crippen LogP contribution in [0, 0.1) is 18.3 Å². The molecule has 1 aromatic heterocycles. The van der Waals surface area contributed by atoms with E-state index in [0.717, 1.165) is 46.7 Å². The van der Waals surface area contributed by atoms with E-state index in [-0.39, 0.29) is 6.04 Å². The van der Waals surface area contributed by atoms with Crippen molar-refractivity contribution in [2.45, 2.75) is 26.1 Å². The summed E-state index contributed by atoms with van der Waals surface area (Å²) >= 11 is 13.1. The van der Waals surface area contributed by atoms with Crippen molar-refractivity contribution in [1.29, 1.82) is 5.26 Å². The molecule has 6 rings (SSSR count). The summed E-state index contributed by atoms with van der Waals surface area (Å²) in [6.45, 7) is 3.60. The third kappa shape index (κ3) is 4.46. The van der Waals surface area contributed by atoms with Gasteiger partial charge < -0.3 is 26.8 Å². The first-order valence-corrected chi connectivity index (χ1v) is 12.9. The highest BCUT2D eigenvalue weighted by Gasteiger charge is 2.25. The Morgan fingerprint density at radius 1 is 1.05 bits per heavy atom. The Bertz CT molecular complexity index is 1640. The number of fused-ring (bicyclic) bond motifs is 2. The van der Waals surface area contributed by atoms with Crippen molar-refractivity contribution in [3.63, 3.8) is 0 Å². The molecule has 8 nitrogen and oxygen atoms in total. The van der Waals surface area contributed by atoms with Crippen molar-refractivity contribution in [1.82, 2.24) is 26.7 Å². The normalized spacial score (nSPS) is 14.7. The molecule has 2 aliphatic rings. The number of hydrazine groups is 2. The molecule has 0 spiro atoms. The fourth-order valence-electron chi connectivity index (χ4n) is 4.91. The van der Waals surface area contributed by atoms with Gasteiger partial charge in [-0.15, -0.1) is 0 Å². The molecular formula is C28H24Cl2N8. The molecule has 0 aliphatic carbocycles. The molecule has 3 aromatic carbocycles. The zero-order valence-electron chi connectivity index (χ0n) is 20.4. The Labute approximate surface area is 230 Å². The lowest BCUT2D eigenvalue weighted by molar-refractivity contribution is 0.582. The standard InChI is InChI=1S/C28H24Cl2N8/c1-15-5-6-18(8-23(15)29)35-26-17(10-31)12-33-27-21(26)7-19(9-24(27)30)36-28(25-14-34-38-37-25)20-4-2-3-16-11-32-13-22(16)20/h2-9,12,14,28,32,34,36-38H,11,13H2,1H3,(H,33,35)/t28-/m0/s1. The summed E-state index contributed by atoms with van der Waals surface area (Å²) in [5, 5.41) is 22.2. The van der Waals surface area contributed by atoms with Crippen LogP contribution in [0.1, 0.15) is 33.9 Å². The number of hydrogen-bond donors (Lipinski definition) is 6. The number of rotatable bonds is 6. The molecule has 10 heteroatoms. The maximum atomic E-state index is 9.88. The molecule has 0 bridgehead atoms. The van der Waals surface area contributed by atoms with Crippen LogP contribution in [0.5, 0.6) is 0 Å². The summed E-state index contributed by atoms with van der Waals surface area (Å²) < 4.78 is 0. The van der Waals surface area contributed by atoms with Gasteiger partial charge >= 0.3 is 0 Å². The maximum absolute atomic E-state index is 9.88. The van der Waals surface area contributed by atoms with Crippen molar-refractivity contribution >= 4 is 51.2 Å². The number of nitrogens with zero attached hydrogens (tertiary/aromatic N) is 2. The number of pyridine rings is 1. The van der Waals surface area contributed by atoms with Crippen LogP contribution in [0.4, 0.5) is 17.1 Å². The van der Waals surface area contributed by atoms with Gasteiger partial charge in [-0.2, -0.15) is 10.8 Å². The molecule has 6 N–H and O–H groups in total. The monoisotopic (exact) mass is 542 g/mol. The Morgan fingerprint density at radius 3 is 2.71 bits per heavy atom. The average Bonchev–Trinajstić information content (AvgIpc) is 3.62. The number of halogens is 2. The Kier molecular flexibility index (Phi) is 6.44. The molecule has 38 heavy (non-hydrogen) atoms. The topological polar surface area (TPSA) is 109 Å². The summed E-state index contributed by atoms with van der Waals surface area (Å²) in [6.07, 6.45) is 3.43. The van der Waals surface area contributed by atoms with Gasteiger partial charge in [-0.1, -0.05) is 47.5 Å². The van der Waals surface area contributed by atoms with E-state index in [9.17, 15) is 5.26 Å². The second kappa shape index (κ2) is 10.0. The van der Waals surface area contributed by atoms with Crippen LogP contribution in [-0.4, -0.2) is 4.98 Å². The van der Waals surface area contributed by atoms with Gasteiger partial charge in [0.05, 0.1) is 33.5 Å². The Hall–Kier alpha value is -4.00. The molecule has 0 saturated carbocycles. The summed E-state index contributed by atoms with van der Waals surface area (Å²) in [4.78, 5) is 4.49. The van der Waals surface area contributed by atoms with Gasteiger partial charge in [0.2, 0.25) is 0 Å². The minimum absolute atomic E-state index is 0.194. The van der Waals surface area contributed by atoms with Gasteiger partial charge in [0.15, 0.2) is 0 Å². The fraction of sp³-hybridized carbons (Fsp3) is 0.143. The van der Waals surface area contributed by atoms with E-state index in [1.807, 2.05) is 43.5 Å². The van der Waals surface area contributed by atoms with Gasteiger partial charge in [-0.3, -0.25) is 4.98 Å². The molecular weight excluding hydrogens is 519 g/mol. The number of nitriles is 1. The quantitative estimate of drug-likeness (QED) is 0.185. The van der Waals surface area contributed by atoms with E-state index >= 15 is 0 Å². The average molecular weight is 543 g/mol. The molecule has 0 fully saturated rings. The van der Waals surface area contributed by atoms with Crippen LogP contribution < -0.4 is 32.3 Å². The fourth-order valence-corrected chi connectivity index (χ4v) is 5.36. The lowest BCUT2D eigenvalue weighted by atomic mass is 9.95. The summed E-state index contributed by atoms with van der Waals surface area (Å²) in [5.74, 6) is 0. The van der Waals surface area contributed by atoms with Crippen LogP contribution in [0.25, 0.3) is 10.9 Å². The van der Waals surface area contributed by atoms with Crippen LogP contribution in [0.15, 0.2) is 66.6 Å². The summed E-state index contributed by atoms with van der Waals surface area (Å²) in [6, 6.07) is 18.0. The van der Waals surface area contributed by atoms with E-state index < -0.39 is 0 Å². The summed E-state index contributed by atoms with van der Waals surface area (Å²) in [7, 11) is 0. The first-order valence-electron chi connectivity index (χ1n) is 12.1. The van der Waals surface area contributed by atoms with E-state index in [4.69, 9.17) is 23.2 Å². The third-order valence-electron chi connectivity index (χ3n) is 6.85. The third-order valence-corrected chi connectivity index (χ3v) is 7.55. The van der Waals surface area contributed by atoms with E-state index in [1.54, 1.807) is 0 Å². The second-order valence-electron chi connectivity index (χ2n) is 9.26. The van der Waals surface area contributed by atoms with E-state index in [1.165, 1.54) is 17.3 Å². The Morgan fingerprint density at radius 2 is 1.92 bits per heavy atom. The number of nitrogens with one attached hydrogen (secondary N) is 6. The molecule has 0 radical (unpaired) electrons. The molecule has 190 valence electrons. The van der Waals surface area contributed by atoms with Crippen molar-refractivity contribution in [2.75, 3.05) is 10.6 Å². The zero-order chi connectivity index (χ0) is 26.2. The maximum Gasteiger partial charge on any atom is 0.103 e. The highest BCUT2D eigenvalue weighted by molar-refractivity contribution is 6.36. The zero-order valence-corrected chi connectivity index (χ0v) is 21.9. The smallest absolute Gasteiger partial charge is 0.103 e. The number of aryl methyl sites for hydroxylation is 1. The molecule has 4 aromatic rings. The number of hydrogen-bond acceptors (Lipinski definition) is 8. The first-order chi connectivity index (χ1) is 18.5. The van der Waals surface area contributed by atoms with E-state index in [2.05, 4.69) is 61.6 Å². The highest BCUT2D eigenvalue weighted by atomic mass is 35.5. The van der Waals surface area contributed by atoms with Crippen molar-refractivity contribution in [2.24, 2.45) is 0 Å². The van der Waals surface area contributed by atoms with Gasteiger partial charge in [0, 0.05) is 47.3 Å². The predicted molar refractivity (Wildman–Crippen MR) is 152 cm³/mol. The SMILES string of the molecule is Cc1ccc(Nc2c(C#N)cnc3c(Cl)cc(N[C@H](C4=CNNN4)c4cccc5c4CNC5)cc23)cc1Cl. The number of benzene rings is 3. The first kappa shape index (κ1) is 24.3. The van der Waals surface area contributed by atoms with Crippen molar-refractivity contribution in [3.8, 4) is 6.07 Å².